The number of carbonyl (C=O) groups is 2. The molecule has 0 saturated heterocycles. The second kappa shape index (κ2) is 8.04. The van der Waals surface area contributed by atoms with E-state index in [1.165, 1.54) is 0 Å². The molecule has 1 amide bonds. The van der Waals surface area contributed by atoms with Crippen LogP contribution in [0.15, 0.2) is 0 Å². The van der Waals surface area contributed by atoms with Gasteiger partial charge in [-0.1, -0.05) is 0 Å². The molecule has 0 rings (SSSR count). The first-order valence-electron chi connectivity index (χ1n) is 6.04. The second-order valence-electron chi connectivity index (χ2n) is 5.04. The molecule has 0 atom stereocenters. The summed E-state index contributed by atoms with van der Waals surface area (Å²) >= 11 is 0. The lowest BCUT2D eigenvalue weighted by atomic mass is 10.2. The Hall–Kier alpha value is -1.24. The molecule has 0 aliphatic heterocycles. The van der Waals surface area contributed by atoms with Gasteiger partial charge in [-0.15, -0.1) is 0 Å². The fourth-order valence-electron chi connectivity index (χ4n) is 1.36. The lowest BCUT2D eigenvalue weighted by Gasteiger charge is -2.22. The zero-order valence-electron chi connectivity index (χ0n) is 11.5. The number of aliphatic hydroxyl groups excluding tert-OH is 1. The minimum Gasteiger partial charge on any atom is -0.460 e. The van der Waals surface area contributed by atoms with E-state index in [2.05, 4.69) is 0 Å². The van der Waals surface area contributed by atoms with E-state index in [4.69, 9.17) is 9.84 Å². The van der Waals surface area contributed by atoms with Gasteiger partial charge in [0.1, 0.15) is 5.60 Å². The van der Waals surface area contributed by atoms with Crippen molar-refractivity contribution in [2.45, 2.75) is 45.6 Å². The Morgan fingerprint density at radius 3 is 2.26 bits per heavy atom. The van der Waals surface area contributed by atoms with Gasteiger partial charge in [-0.25, -0.2) is 8.78 Å². The largest absolute Gasteiger partial charge is 0.460 e. The number of hydrogen-bond acceptors (Lipinski definition) is 4. The van der Waals surface area contributed by atoms with E-state index in [0.717, 1.165) is 4.90 Å². The fourth-order valence-corrected chi connectivity index (χ4v) is 1.36. The van der Waals surface area contributed by atoms with Crippen LogP contribution in [0.25, 0.3) is 0 Å². The Morgan fingerprint density at radius 2 is 1.84 bits per heavy atom. The Kier molecular flexibility index (Phi) is 7.51. The summed E-state index contributed by atoms with van der Waals surface area (Å²) in [4.78, 5) is 23.8. The predicted molar refractivity (Wildman–Crippen MR) is 64.7 cm³/mol. The van der Waals surface area contributed by atoms with Crippen LogP contribution in [0, 0.1) is 0 Å². The summed E-state index contributed by atoms with van der Waals surface area (Å²) in [5.41, 5.74) is -0.645. The zero-order chi connectivity index (χ0) is 15.1. The molecule has 0 saturated carbocycles. The molecule has 0 unspecified atom stereocenters. The summed E-state index contributed by atoms with van der Waals surface area (Å²) in [5.74, 6) is -1.15. The zero-order valence-corrected chi connectivity index (χ0v) is 11.5. The number of esters is 1. The minimum absolute atomic E-state index is 0.165. The van der Waals surface area contributed by atoms with Crippen LogP contribution >= 0.6 is 0 Å². The second-order valence-corrected chi connectivity index (χ2v) is 5.04. The summed E-state index contributed by atoms with van der Waals surface area (Å²) in [6.07, 6.45) is -3.04. The molecule has 5 nitrogen and oxygen atoms in total. The van der Waals surface area contributed by atoms with Gasteiger partial charge < -0.3 is 14.7 Å². The Balaban J connectivity index is 4.22. The topological polar surface area (TPSA) is 66.8 Å². The van der Waals surface area contributed by atoms with E-state index in [-0.39, 0.29) is 19.4 Å². The fraction of sp³-hybridized carbons (Fsp3) is 0.833. The first kappa shape index (κ1) is 17.8. The molecule has 0 heterocycles. The Bertz CT molecular complexity index is 303. The summed E-state index contributed by atoms with van der Waals surface area (Å²) in [6.45, 7) is 3.78. The van der Waals surface area contributed by atoms with Gasteiger partial charge in [-0.05, 0) is 20.8 Å². The molecule has 0 bridgehead atoms. The van der Waals surface area contributed by atoms with E-state index >= 15 is 0 Å². The summed E-state index contributed by atoms with van der Waals surface area (Å²) < 4.78 is 29.4. The van der Waals surface area contributed by atoms with Gasteiger partial charge in [-0.3, -0.25) is 9.59 Å². The van der Waals surface area contributed by atoms with E-state index in [9.17, 15) is 18.4 Å². The average molecular weight is 281 g/mol. The Labute approximate surface area is 111 Å². The molecule has 0 radical (unpaired) electrons. The van der Waals surface area contributed by atoms with Crippen molar-refractivity contribution in [3.8, 4) is 0 Å². The number of halogens is 2. The monoisotopic (exact) mass is 281 g/mol. The predicted octanol–water partition coefficient (Wildman–Crippen LogP) is 1.19. The molecule has 0 aliphatic carbocycles. The maximum absolute atomic E-state index is 12.2. The molecule has 7 heteroatoms. The van der Waals surface area contributed by atoms with Crippen LogP contribution in [0.3, 0.4) is 0 Å². The van der Waals surface area contributed by atoms with Crippen LogP contribution in [0.1, 0.15) is 33.6 Å². The third kappa shape index (κ3) is 9.35. The van der Waals surface area contributed by atoms with Gasteiger partial charge in [0, 0.05) is 13.0 Å². The number of ether oxygens (including phenoxy) is 1. The molecule has 0 aliphatic rings. The molecule has 0 aromatic rings. The van der Waals surface area contributed by atoms with Crippen LogP contribution in [-0.2, 0) is 14.3 Å². The van der Waals surface area contributed by atoms with Crippen molar-refractivity contribution in [3.05, 3.63) is 0 Å². The lowest BCUT2D eigenvalue weighted by molar-refractivity contribution is -0.156. The maximum Gasteiger partial charge on any atom is 0.306 e. The normalized spacial score (nSPS) is 11.5. The van der Waals surface area contributed by atoms with Crippen molar-refractivity contribution < 1.29 is 28.2 Å². The van der Waals surface area contributed by atoms with Crippen molar-refractivity contribution in [3.63, 3.8) is 0 Å². The third-order valence-electron chi connectivity index (χ3n) is 2.04. The highest BCUT2D eigenvalue weighted by atomic mass is 19.3. The van der Waals surface area contributed by atoms with Crippen LogP contribution in [-0.4, -0.2) is 53.6 Å². The van der Waals surface area contributed by atoms with E-state index < -0.39 is 37.1 Å². The van der Waals surface area contributed by atoms with E-state index in [1.807, 2.05) is 0 Å². The average Bonchev–Trinajstić information content (AvgIpc) is 2.22. The van der Waals surface area contributed by atoms with Crippen LogP contribution in [0.4, 0.5) is 8.78 Å². The van der Waals surface area contributed by atoms with Gasteiger partial charge in [-0.2, -0.15) is 0 Å². The van der Waals surface area contributed by atoms with Gasteiger partial charge in [0.15, 0.2) is 0 Å². The van der Waals surface area contributed by atoms with Crippen LogP contribution < -0.4 is 0 Å². The smallest absolute Gasteiger partial charge is 0.306 e. The van der Waals surface area contributed by atoms with Gasteiger partial charge >= 0.3 is 5.97 Å². The number of nitrogens with zero attached hydrogens (tertiary/aromatic N) is 1. The van der Waals surface area contributed by atoms with Crippen molar-refractivity contribution in [1.82, 2.24) is 4.90 Å². The highest BCUT2D eigenvalue weighted by Gasteiger charge is 2.21. The van der Waals surface area contributed by atoms with Crippen LogP contribution in [0.5, 0.6) is 0 Å². The molecular formula is C12H21F2NO4. The van der Waals surface area contributed by atoms with Crippen molar-refractivity contribution in [1.29, 1.82) is 0 Å². The quantitative estimate of drug-likeness (QED) is 0.712. The highest BCUT2D eigenvalue weighted by molar-refractivity contribution is 5.81. The standard InChI is InChI=1S/C12H21F2NO4/c1-12(2,3)19-11(18)5-4-10(17)15(6-7-16)8-9(13)14/h9,16H,4-8H2,1-3H3. The first-order chi connectivity index (χ1) is 8.65. The van der Waals surface area contributed by atoms with Crippen molar-refractivity contribution in [2.24, 2.45) is 0 Å². The molecule has 0 aromatic heterocycles. The summed E-state index contributed by atoms with van der Waals surface area (Å²) in [7, 11) is 0. The molecule has 19 heavy (non-hydrogen) atoms. The maximum atomic E-state index is 12.2. The number of amides is 1. The van der Waals surface area contributed by atoms with Crippen molar-refractivity contribution in [2.75, 3.05) is 19.7 Å². The molecule has 0 fully saturated rings. The van der Waals surface area contributed by atoms with Gasteiger partial charge in [0.2, 0.25) is 5.91 Å². The number of aliphatic hydroxyl groups is 1. The number of hydrogen-bond donors (Lipinski definition) is 1. The van der Waals surface area contributed by atoms with E-state index in [1.54, 1.807) is 20.8 Å². The number of carbonyl (C=O) groups excluding carboxylic acids is 2. The lowest BCUT2D eigenvalue weighted by Crippen LogP contribution is -2.37. The summed E-state index contributed by atoms with van der Waals surface area (Å²) in [5, 5.41) is 8.70. The first-order valence-corrected chi connectivity index (χ1v) is 6.04. The molecule has 0 aromatic carbocycles. The SMILES string of the molecule is CC(C)(C)OC(=O)CCC(=O)N(CCO)CC(F)F. The van der Waals surface area contributed by atoms with Crippen LogP contribution in [0.2, 0.25) is 0 Å². The van der Waals surface area contributed by atoms with E-state index in [0.29, 0.717) is 0 Å². The van der Waals surface area contributed by atoms with Gasteiger partial charge in [0.05, 0.1) is 19.6 Å². The Morgan fingerprint density at radius 1 is 1.26 bits per heavy atom. The molecule has 112 valence electrons. The minimum atomic E-state index is -2.67. The molecule has 1 N–H and O–H groups in total. The summed E-state index contributed by atoms with van der Waals surface area (Å²) in [6, 6.07) is 0. The highest BCUT2D eigenvalue weighted by Crippen LogP contribution is 2.10. The molecule has 0 spiro atoms. The third-order valence-corrected chi connectivity index (χ3v) is 2.04. The number of alkyl halides is 2. The van der Waals surface area contributed by atoms with Crippen molar-refractivity contribution >= 4 is 11.9 Å². The number of rotatable bonds is 7. The van der Waals surface area contributed by atoms with Gasteiger partial charge in [0.25, 0.3) is 6.43 Å². The molecular weight excluding hydrogens is 260 g/mol.